The predicted octanol–water partition coefficient (Wildman–Crippen LogP) is 5.05. The van der Waals surface area contributed by atoms with Crippen molar-refractivity contribution in [1.29, 1.82) is 0 Å². The molecule has 0 radical (unpaired) electrons. The van der Waals surface area contributed by atoms with Crippen LogP contribution in [-0.4, -0.2) is 44.8 Å². The van der Waals surface area contributed by atoms with Gasteiger partial charge in [0.2, 0.25) is 11.8 Å². The summed E-state index contributed by atoms with van der Waals surface area (Å²) in [6.07, 6.45) is 0.322. The second-order valence-corrected chi connectivity index (χ2v) is 11.1. The van der Waals surface area contributed by atoms with E-state index in [4.69, 9.17) is 23.2 Å². The van der Waals surface area contributed by atoms with Crippen molar-refractivity contribution in [2.45, 2.75) is 37.8 Å². The molecule has 0 aliphatic heterocycles. The lowest BCUT2D eigenvalue weighted by Crippen LogP contribution is -2.51. The molecule has 3 aromatic rings. The van der Waals surface area contributed by atoms with E-state index in [-0.39, 0.29) is 17.3 Å². The molecule has 10 heteroatoms. The zero-order chi connectivity index (χ0) is 27.2. The Morgan fingerprint density at radius 3 is 2.16 bits per heavy atom. The van der Waals surface area contributed by atoms with Crippen LogP contribution < -0.4 is 9.62 Å². The number of amides is 2. The van der Waals surface area contributed by atoms with E-state index in [9.17, 15) is 18.0 Å². The maximum atomic E-state index is 13.8. The highest BCUT2D eigenvalue weighted by atomic mass is 35.5. The molecule has 3 rings (SSSR count). The molecule has 0 bridgehead atoms. The summed E-state index contributed by atoms with van der Waals surface area (Å²) in [5.41, 5.74) is 1.89. The van der Waals surface area contributed by atoms with Crippen molar-refractivity contribution in [2.75, 3.05) is 17.9 Å². The van der Waals surface area contributed by atoms with E-state index in [1.165, 1.54) is 24.1 Å². The minimum Gasteiger partial charge on any atom is -0.357 e. The van der Waals surface area contributed by atoms with Crippen LogP contribution in [0.25, 0.3) is 0 Å². The number of benzene rings is 3. The molecule has 0 fully saturated rings. The number of nitrogens with one attached hydrogen (secondary N) is 1. The van der Waals surface area contributed by atoms with Crippen molar-refractivity contribution >= 4 is 50.7 Å². The molecule has 2 amide bonds. The molecule has 3 aromatic carbocycles. The monoisotopic (exact) mass is 561 g/mol. The molecular formula is C27H29Cl2N3O4S. The van der Waals surface area contributed by atoms with Gasteiger partial charge in [-0.05, 0) is 55.3 Å². The minimum atomic E-state index is -4.10. The van der Waals surface area contributed by atoms with Gasteiger partial charge in [-0.15, -0.1) is 0 Å². The van der Waals surface area contributed by atoms with Crippen molar-refractivity contribution in [3.05, 3.63) is 94.0 Å². The van der Waals surface area contributed by atoms with Crippen LogP contribution in [-0.2, 0) is 26.2 Å². The summed E-state index contributed by atoms with van der Waals surface area (Å²) in [7, 11) is -2.61. The summed E-state index contributed by atoms with van der Waals surface area (Å²) in [5.74, 6) is -0.898. The van der Waals surface area contributed by atoms with Crippen LogP contribution in [0.1, 0.15) is 24.5 Å². The van der Waals surface area contributed by atoms with E-state index in [1.54, 1.807) is 67.6 Å². The Balaban J connectivity index is 2.04. The quantitative estimate of drug-likeness (QED) is 0.375. The summed E-state index contributed by atoms with van der Waals surface area (Å²) >= 11 is 12.2. The lowest BCUT2D eigenvalue weighted by atomic mass is 10.1. The average Bonchev–Trinajstić information content (AvgIpc) is 2.89. The Kier molecular flexibility index (Phi) is 9.59. The molecule has 0 saturated carbocycles. The van der Waals surface area contributed by atoms with Crippen molar-refractivity contribution in [2.24, 2.45) is 0 Å². The van der Waals surface area contributed by atoms with E-state index >= 15 is 0 Å². The Hall–Kier alpha value is -3.07. The Morgan fingerprint density at radius 1 is 0.946 bits per heavy atom. The number of hydrogen-bond acceptors (Lipinski definition) is 4. The van der Waals surface area contributed by atoms with E-state index in [0.29, 0.717) is 27.7 Å². The Bertz CT molecular complexity index is 1350. The Morgan fingerprint density at radius 2 is 1.59 bits per heavy atom. The zero-order valence-electron chi connectivity index (χ0n) is 20.8. The number of rotatable bonds is 10. The first-order valence-electron chi connectivity index (χ1n) is 11.7. The first-order chi connectivity index (χ1) is 17.6. The van der Waals surface area contributed by atoms with Crippen LogP contribution in [0, 0.1) is 6.92 Å². The van der Waals surface area contributed by atoms with Gasteiger partial charge in [0.05, 0.1) is 20.6 Å². The van der Waals surface area contributed by atoms with Gasteiger partial charge in [-0.2, -0.15) is 0 Å². The summed E-state index contributed by atoms with van der Waals surface area (Å²) in [6, 6.07) is 19.0. The van der Waals surface area contributed by atoms with Crippen LogP contribution in [0.3, 0.4) is 0 Å². The fraction of sp³-hybridized carbons (Fsp3) is 0.259. The van der Waals surface area contributed by atoms with Gasteiger partial charge in [-0.1, -0.05) is 72.1 Å². The average molecular weight is 563 g/mol. The molecule has 0 saturated heterocycles. The minimum absolute atomic E-state index is 0.0366. The highest BCUT2D eigenvalue weighted by Crippen LogP contribution is 2.26. The number of para-hydroxylation sites is 1. The first-order valence-corrected chi connectivity index (χ1v) is 13.9. The number of halogens is 2. The van der Waals surface area contributed by atoms with Gasteiger partial charge in [0.1, 0.15) is 12.6 Å². The molecule has 196 valence electrons. The third-order valence-corrected chi connectivity index (χ3v) is 8.43. The van der Waals surface area contributed by atoms with Gasteiger partial charge in [0, 0.05) is 13.6 Å². The van der Waals surface area contributed by atoms with Crippen molar-refractivity contribution in [3.63, 3.8) is 0 Å². The largest absolute Gasteiger partial charge is 0.357 e. The number of nitrogens with zero attached hydrogens (tertiary/aromatic N) is 2. The highest BCUT2D eigenvalue weighted by molar-refractivity contribution is 7.92. The smallest absolute Gasteiger partial charge is 0.264 e. The summed E-state index contributed by atoms with van der Waals surface area (Å²) in [6.45, 7) is 3.18. The van der Waals surface area contributed by atoms with Gasteiger partial charge in [0.15, 0.2) is 0 Å². The van der Waals surface area contributed by atoms with Crippen molar-refractivity contribution < 1.29 is 18.0 Å². The maximum absolute atomic E-state index is 13.8. The number of likely N-dealkylation sites (N-methyl/N-ethyl adjacent to an activating group) is 1. The normalized spacial score (nSPS) is 12.0. The molecule has 0 unspecified atom stereocenters. The van der Waals surface area contributed by atoms with Gasteiger partial charge in [-0.25, -0.2) is 8.42 Å². The van der Waals surface area contributed by atoms with Crippen LogP contribution in [0.2, 0.25) is 10.0 Å². The van der Waals surface area contributed by atoms with Crippen LogP contribution in [0.5, 0.6) is 0 Å². The molecule has 0 aromatic heterocycles. The van der Waals surface area contributed by atoms with Gasteiger partial charge < -0.3 is 10.2 Å². The van der Waals surface area contributed by atoms with Crippen molar-refractivity contribution in [3.8, 4) is 0 Å². The summed E-state index contributed by atoms with van der Waals surface area (Å²) in [5, 5.41) is 3.27. The summed E-state index contributed by atoms with van der Waals surface area (Å²) in [4.78, 5) is 28.0. The molecular weight excluding hydrogens is 533 g/mol. The molecule has 0 spiro atoms. The number of hydrogen-bond donors (Lipinski definition) is 1. The zero-order valence-corrected chi connectivity index (χ0v) is 23.1. The molecule has 7 nitrogen and oxygen atoms in total. The van der Waals surface area contributed by atoms with E-state index < -0.39 is 28.5 Å². The summed E-state index contributed by atoms with van der Waals surface area (Å²) < 4.78 is 28.5. The number of carbonyl (C=O) groups is 2. The van der Waals surface area contributed by atoms with E-state index in [0.717, 1.165) is 9.87 Å². The number of carbonyl (C=O) groups excluding carboxylic acids is 2. The van der Waals surface area contributed by atoms with Gasteiger partial charge in [-0.3, -0.25) is 13.9 Å². The second-order valence-electron chi connectivity index (χ2n) is 8.47. The van der Waals surface area contributed by atoms with E-state index in [2.05, 4.69) is 5.32 Å². The van der Waals surface area contributed by atoms with Crippen LogP contribution in [0.4, 0.5) is 5.69 Å². The molecule has 0 aliphatic carbocycles. The number of aryl methyl sites for hydroxylation is 1. The SMILES string of the molecule is CC[C@H](C(=O)NC)N(Cc1ccc(Cl)c(Cl)c1)C(=O)CN(c1ccccc1)S(=O)(=O)c1ccc(C)cc1. The van der Waals surface area contributed by atoms with E-state index in [1.807, 2.05) is 6.92 Å². The molecule has 0 heterocycles. The fourth-order valence-corrected chi connectivity index (χ4v) is 5.62. The number of sulfonamides is 1. The predicted molar refractivity (Wildman–Crippen MR) is 147 cm³/mol. The van der Waals surface area contributed by atoms with Crippen LogP contribution in [0.15, 0.2) is 77.7 Å². The highest BCUT2D eigenvalue weighted by Gasteiger charge is 2.33. The third-order valence-electron chi connectivity index (χ3n) is 5.90. The second kappa shape index (κ2) is 12.4. The topological polar surface area (TPSA) is 86.8 Å². The standard InChI is InChI=1S/C27H29Cl2N3O4S/c1-4-25(27(34)30-3)31(17-20-12-15-23(28)24(29)16-20)26(33)18-32(21-8-6-5-7-9-21)37(35,36)22-13-10-19(2)11-14-22/h5-16,25H,4,17-18H2,1-3H3,(H,30,34)/t25-/m1/s1. The molecule has 37 heavy (non-hydrogen) atoms. The lowest BCUT2D eigenvalue weighted by Gasteiger charge is -2.33. The Labute approximate surface area is 228 Å². The van der Waals surface area contributed by atoms with Gasteiger partial charge in [0.25, 0.3) is 10.0 Å². The number of anilines is 1. The van der Waals surface area contributed by atoms with Crippen LogP contribution >= 0.6 is 23.2 Å². The fourth-order valence-electron chi connectivity index (χ4n) is 3.88. The maximum Gasteiger partial charge on any atom is 0.264 e. The molecule has 1 atom stereocenters. The third kappa shape index (κ3) is 6.83. The first kappa shape index (κ1) is 28.5. The molecule has 0 aliphatic rings. The lowest BCUT2D eigenvalue weighted by molar-refractivity contribution is -0.140. The molecule has 1 N–H and O–H groups in total. The van der Waals surface area contributed by atoms with Crippen molar-refractivity contribution in [1.82, 2.24) is 10.2 Å². The van der Waals surface area contributed by atoms with Gasteiger partial charge >= 0.3 is 0 Å².